The molecule has 0 heterocycles. The number of carbonyl (C=O) groups is 1. The molecular formula is C12H15N3O. The molecule has 0 aliphatic heterocycles. The third-order valence-corrected chi connectivity index (χ3v) is 2.11. The Morgan fingerprint density at radius 2 is 2.06 bits per heavy atom. The van der Waals surface area contributed by atoms with E-state index in [2.05, 4.69) is 5.32 Å². The molecule has 3 N–H and O–H groups in total. The maximum Gasteiger partial charge on any atom is 0.229 e. The van der Waals surface area contributed by atoms with Gasteiger partial charge in [0.25, 0.3) is 0 Å². The standard InChI is InChI=1S/C12H15N3O/c1-12(2,3)11(16)15-10-5-4-8(7-13)6-9(10)14/h4-6H,14H2,1-3H3,(H,15,16). The van der Waals surface area contributed by atoms with Crippen molar-refractivity contribution < 1.29 is 4.79 Å². The molecule has 0 spiro atoms. The van der Waals surface area contributed by atoms with E-state index in [0.29, 0.717) is 16.9 Å². The minimum Gasteiger partial charge on any atom is -0.397 e. The van der Waals surface area contributed by atoms with Gasteiger partial charge in [0.15, 0.2) is 0 Å². The zero-order valence-corrected chi connectivity index (χ0v) is 9.66. The second-order valence-electron chi connectivity index (χ2n) is 4.62. The number of benzene rings is 1. The summed E-state index contributed by atoms with van der Waals surface area (Å²) in [5.41, 5.74) is 6.67. The van der Waals surface area contributed by atoms with Crippen LogP contribution in [0.25, 0.3) is 0 Å². The average Bonchev–Trinajstić information content (AvgIpc) is 2.19. The molecule has 0 saturated heterocycles. The van der Waals surface area contributed by atoms with Crippen LogP contribution in [0, 0.1) is 16.7 Å². The second kappa shape index (κ2) is 4.23. The summed E-state index contributed by atoms with van der Waals surface area (Å²) in [5.74, 6) is -0.107. The van der Waals surface area contributed by atoms with Crippen molar-refractivity contribution in [1.29, 1.82) is 5.26 Å². The van der Waals surface area contributed by atoms with Gasteiger partial charge in [-0.25, -0.2) is 0 Å². The van der Waals surface area contributed by atoms with Gasteiger partial charge in [0.1, 0.15) is 0 Å². The topological polar surface area (TPSA) is 78.9 Å². The number of nitrogens with one attached hydrogen (secondary N) is 1. The summed E-state index contributed by atoms with van der Waals surface area (Å²) in [6.45, 7) is 5.46. The first-order valence-electron chi connectivity index (χ1n) is 4.95. The summed E-state index contributed by atoms with van der Waals surface area (Å²) in [4.78, 5) is 11.7. The zero-order valence-electron chi connectivity index (χ0n) is 9.66. The molecule has 4 heteroatoms. The first kappa shape index (κ1) is 12.1. The number of carbonyl (C=O) groups excluding carboxylic acids is 1. The Hall–Kier alpha value is -2.02. The van der Waals surface area contributed by atoms with Crippen LogP contribution in [0.15, 0.2) is 18.2 Å². The monoisotopic (exact) mass is 217 g/mol. The Labute approximate surface area is 95.1 Å². The fourth-order valence-electron chi connectivity index (χ4n) is 1.06. The lowest BCUT2D eigenvalue weighted by molar-refractivity contribution is -0.123. The third kappa shape index (κ3) is 2.74. The number of hydrogen-bond acceptors (Lipinski definition) is 3. The molecule has 0 saturated carbocycles. The van der Waals surface area contributed by atoms with E-state index >= 15 is 0 Å². The number of amides is 1. The van der Waals surface area contributed by atoms with Crippen molar-refractivity contribution in [2.75, 3.05) is 11.1 Å². The van der Waals surface area contributed by atoms with Gasteiger partial charge in [-0.15, -0.1) is 0 Å². The average molecular weight is 217 g/mol. The molecule has 0 radical (unpaired) electrons. The number of nitriles is 1. The van der Waals surface area contributed by atoms with Crippen LogP contribution in [0.1, 0.15) is 26.3 Å². The van der Waals surface area contributed by atoms with Crippen molar-refractivity contribution in [2.24, 2.45) is 5.41 Å². The Morgan fingerprint density at radius 3 is 2.50 bits per heavy atom. The third-order valence-electron chi connectivity index (χ3n) is 2.11. The lowest BCUT2D eigenvalue weighted by Gasteiger charge is -2.18. The number of rotatable bonds is 1. The van der Waals surface area contributed by atoms with Gasteiger partial charge >= 0.3 is 0 Å². The number of hydrogen-bond donors (Lipinski definition) is 2. The fourth-order valence-corrected chi connectivity index (χ4v) is 1.06. The molecule has 0 atom stereocenters. The highest BCUT2D eigenvalue weighted by Crippen LogP contribution is 2.22. The van der Waals surface area contributed by atoms with Crippen LogP contribution in [0.4, 0.5) is 11.4 Å². The number of anilines is 2. The summed E-state index contributed by atoms with van der Waals surface area (Å²) in [6.07, 6.45) is 0. The van der Waals surface area contributed by atoms with Gasteiger partial charge in [-0.2, -0.15) is 5.26 Å². The van der Waals surface area contributed by atoms with Gasteiger partial charge in [-0.05, 0) is 18.2 Å². The van der Waals surface area contributed by atoms with Crippen molar-refractivity contribution in [1.82, 2.24) is 0 Å². The van der Waals surface area contributed by atoms with Gasteiger partial charge in [0.05, 0.1) is 23.0 Å². The first-order chi connectivity index (χ1) is 7.34. The van der Waals surface area contributed by atoms with Gasteiger partial charge in [-0.3, -0.25) is 4.79 Å². The van der Waals surface area contributed by atoms with Crippen LogP contribution in [-0.4, -0.2) is 5.91 Å². The molecule has 1 amide bonds. The van der Waals surface area contributed by atoms with Crippen molar-refractivity contribution in [3.63, 3.8) is 0 Å². The lowest BCUT2D eigenvalue weighted by Crippen LogP contribution is -2.27. The summed E-state index contributed by atoms with van der Waals surface area (Å²) in [7, 11) is 0. The van der Waals surface area contributed by atoms with Crippen LogP contribution in [0.2, 0.25) is 0 Å². The number of nitrogen functional groups attached to an aromatic ring is 1. The van der Waals surface area contributed by atoms with Gasteiger partial charge in [-0.1, -0.05) is 20.8 Å². The predicted octanol–water partition coefficient (Wildman–Crippen LogP) is 2.13. The number of nitrogens with zero attached hydrogens (tertiary/aromatic N) is 1. The van der Waals surface area contributed by atoms with Crippen molar-refractivity contribution in [3.05, 3.63) is 23.8 Å². The van der Waals surface area contributed by atoms with Gasteiger partial charge < -0.3 is 11.1 Å². The van der Waals surface area contributed by atoms with E-state index in [1.165, 1.54) is 6.07 Å². The summed E-state index contributed by atoms with van der Waals surface area (Å²) in [6, 6.07) is 6.78. The first-order valence-corrected chi connectivity index (χ1v) is 4.95. The minimum atomic E-state index is -0.472. The van der Waals surface area contributed by atoms with Gasteiger partial charge in [0.2, 0.25) is 5.91 Å². The van der Waals surface area contributed by atoms with E-state index in [1.54, 1.807) is 12.1 Å². The molecule has 4 nitrogen and oxygen atoms in total. The maximum absolute atomic E-state index is 11.7. The molecule has 0 fully saturated rings. The summed E-state index contributed by atoms with van der Waals surface area (Å²) in [5, 5.41) is 11.4. The largest absolute Gasteiger partial charge is 0.397 e. The highest BCUT2D eigenvalue weighted by Gasteiger charge is 2.21. The summed E-state index contributed by atoms with van der Waals surface area (Å²) >= 11 is 0. The lowest BCUT2D eigenvalue weighted by atomic mass is 9.95. The van der Waals surface area contributed by atoms with Crippen LogP contribution in [0.5, 0.6) is 0 Å². The van der Waals surface area contributed by atoms with Gasteiger partial charge in [0, 0.05) is 5.41 Å². The molecule has 1 aromatic rings. The van der Waals surface area contributed by atoms with Crippen LogP contribution >= 0.6 is 0 Å². The van der Waals surface area contributed by atoms with E-state index in [9.17, 15) is 4.79 Å². The van der Waals surface area contributed by atoms with Crippen LogP contribution in [-0.2, 0) is 4.79 Å². The highest BCUT2D eigenvalue weighted by atomic mass is 16.2. The predicted molar refractivity (Wildman–Crippen MR) is 63.7 cm³/mol. The Balaban J connectivity index is 2.92. The molecule has 16 heavy (non-hydrogen) atoms. The Bertz CT molecular complexity index is 452. The Morgan fingerprint density at radius 1 is 1.44 bits per heavy atom. The van der Waals surface area contributed by atoms with Crippen molar-refractivity contribution in [2.45, 2.75) is 20.8 Å². The Kier molecular flexibility index (Phi) is 3.19. The second-order valence-corrected chi connectivity index (χ2v) is 4.62. The van der Waals surface area contributed by atoms with E-state index in [-0.39, 0.29) is 5.91 Å². The van der Waals surface area contributed by atoms with E-state index in [1.807, 2.05) is 26.8 Å². The van der Waals surface area contributed by atoms with E-state index in [0.717, 1.165) is 0 Å². The van der Waals surface area contributed by atoms with E-state index in [4.69, 9.17) is 11.0 Å². The summed E-state index contributed by atoms with van der Waals surface area (Å²) < 4.78 is 0. The molecule has 84 valence electrons. The normalized spacial score (nSPS) is 10.6. The highest BCUT2D eigenvalue weighted by molar-refractivity contribution is 5.97. The molecule has 0 aliphatic carbocycles. The molecule has 0 aliphatic rings. The molecule has 0 bridgehead atoms. The smallest absolute Gasteiger partial charge is 0.229 e. The van der Waals surface area contributed by atoms with Crippen molar-refractivity contribution >= 4 is 17.3 Å². The molecular weight excluding hydrogens is 202 g/mol. The molecule has 0 unspecified atom stereocenters. The van der Waals surface area contributed by atoms with Crippen LogP contribution in [0.3, 0.4) is 0 Å². The minimum absolute atomic E-state index is 0.107. The fraction of sp³-hybridized carbons (Fsp3) is 0.333. The molecule has 1 aromatic carbocycles. The maximum atomic E-state index is 11.7. The molecule has 1 rings (SSSR count). The quantitative estimate of drug-likeness (QED) is 0.707. The SMILES string of the molecule is CC(C)(C)C(=O)Nc1ccc(C#N)cc1N. The zero-order chi connectivity index (χ0) is 12.3. The number of nitrogens with two attached hydrogens (primary N) is 1. The van der Waals surface area contributed by atoms with E-state index < -0.39 is 5.41 Å². The van der Waals surface area contributed by atoms with Crippen LogP contribution < -0.4 is 11.1 Å². The van der Waals surface area contributed by atoms with Crippen molar-refractivity contribution in [3.8, 4) is 6.07 Å². The molecule has 0 aromatic heterocycles.